The number of pyridine rings is 1. The van der Waals surface area contributed by atoms with Crippen LogP contribution in [0.25, 0.3) is 38.0 Å². The molecule has 0 saturated heterocycles. The van der Waals surface area contributed by atoms with E-state index in [1.807, 2.05) is 0 Å². The van der Waals surface area contributed by atoms with Gasteiger partial charge in [0.2, 0.25) is 0 Å². The molecule has 2 nitrogen and oxygen atoms in total. The van der Waals surface area contributed by atoms with Gasteiger partial charge >= 0.3 is 0 Å². The molecule has 152 valence electrons. The third-order valence-corrected chi connectivity index (χ3v) is 9.97. The molecular weight excluding hydrogens is 395 g/mol. The Balaban J connectivity index is 1.49. The van der Waals surface area contributed by atoms with Crippen LogP contribution < -0.4 is 0 Å². The normalized spacial score (nSPS) is 29.9. The quantitative estimate of drug-likeness (QED) is 0.285. The lowest BCUT2D eigenvalue weighted by atomic mass is 9.49. The van der Waals surface area contributed by atoms with Gasteiger partial charge in [-0.15, -0.1) is 0 Å². The summed E-state index contributed by atoms with van der Waals surface area (Å²) in [5, 5.41) is 4.20. The van der Waals surface area contributed by atoms with Crippen molar-refractivity contribution in [1.29, 1.82) is 0 Å². The van der Waals surface area contributed by atoms with Gasteiger partial charge < -0.3 is 4.40 Å². The molecule has 0 unspecified atom stereocenters. The van der Waals surface area contributed by atoms with Crippen LogP contribution in [-0.4, -0.2) is 9.38 Å². The van der Waals surface area contributed by atoms with Crippen molar-refractivity contribution in [3.63, 3.8) is 0 Å². The average Bonchev–Trinajstić information content (AvgIpc) is 3.18. The molecule has 4 saturated carbocycles. The predicted molar refractivity (Wildman–Crippen MR) is 129 cm³/mol. The summed E-state index contributed by atoms with van der Waals surface area (Å²) >= 11 is 0. The number of rotatable bonds is 2. The van der Waals surface area contributed by atoms with E-state index in [1.54, 1.807) is 0 Å². The molecule has 3 aromatic heterocycles. The van der Waals surface area contributed by atoms with Crippen molar-refractivity contribution in [3.8, 4) is 10.9 Å². The summed E-state index contributed by atoms with van der Waals surface area (Å²) < 4.78 is 2.59. The minimum Gasteiger partial charge on any atom is -0.301 e. The second-order valence-electron chi connectivity index (χ2n) is 10.6. The Morgan fingerprint density at radius 2 is 1.55 bits per heavy atom. The van der Waals surface area contributed by atoms with Crippen molar-refractivity contribution in [2.75, 3.05) is 0 Å². The smallest absolute Gasteiger partial charge is 0.0964 e. The lowest BCUT2D eigenvalue weighted by Crippen LogP contribution is -2.49. The van der Waals surface area contributed by atoms with Crippen molar-refractivity contribution in [1.82, 2.24) is 9.38 Å². The van der Waals surface area contributed by atoms with E-state index in [1.165, 1.54) is 90.5 Å². The van der Waals surface area contributed by atoms with Crippen LogP contribution in [0.5, 0.6) is 0 Å². The lowest BCUT2D eigenvalue weighted by Gasteiger charge is -2.56. The highest BCUT2D eigenvalue weighted by Crippen LogP contribution is 2.62. The second-order valence-corrected chi connectivity index (χ2v) is 11.7. The molecule has 0 spiro atoms. The van der Waals surface area contributed by atoms with E-state index in [-0.39, 0.29) is 0 Å². The first-order chi connectivity index (χ1) is 15.3. The van der Waals surface area contributed by atoms with Crippen LogP contribution in [-0.2, 0) is 5.41 Å². The summed E-state index contributed by atoms with van der Waals surface area (Å²) in [5.74, 6) is 2.80. The topological polar surface area (TPSA) is 17.3 Å². The van der Waals surface area contributed by atoms with Crippen molar-refractivity contribution in [3.05, 3.63) is 66.4 Å². The van der Waals surface area contributed by atoms with Crippen molar-refractivity contribution < 1.29 is 0 Å². The fourth-order valence-electron chi connectivity index (χ4n) is 7.89. The number of hydrogen-bond donors (Lipinski definition) is 0. The molecule has 0 radical (unpaired) electrons. The van der Waals surface area contributed by atoms with Crippen LogP contribution in [0.15, 0.2) is 60.7 Å². The maximum absolute atomic E-state index is 5.51. The predicted octanol–water partition coefficient (Wildman–Crippen LogP) is 7.79. The van der Waals surface area contributed by atoms with E-state index in [9.17, 15) is 0 Å². The Bertz CT molecular complexity index is 1430. The molecule has 0 amide bonds. The zero-order chi connectivity index (χ0) is 20.2. The van der Waals surface area contributed by atoms with Gasteiger partial charge in [0.1, 0.15) is 0 Å². The van der Waals surface area contributed by atoms with Gasteiger partial charge in [-0.05, 0) is 82.2 Å². The van der Waals surface area contributed by atoms with Crippen molar-refractivity contribution in [2.24, 2.45) is 17.8 Å². The summed E-state index contributed by atoms with van der Waals surface area (Å²) in [5.41, 5.74) is 6.94. The summed E-state index contributed by atoms with van der Waals surface area (Å²) in [6.07, 6.45) is 8.53. The summed E-state index contributed by atoms with van der Waals surface area (Å²) in [6, 6.07) is 22.3. The van der Waals surface area contributed by atoms with Crippen LogP contribution >= 0.6 is 8.19 Å². The molecule has 0 atom stereocenters. The molecule has 4 bridgehead atoms. The Labute approximate surface area is 183 Å². The van der Waals surface area contributed by atoms with Crippen LogP contribution in [0.1, 0.15) is 44.2 Å². The fourth-order valence-corrected chi connectivity index (χ4v) is 9.37. The highest BCUT2D eigenvalue weighted by atomic mass is 31.0. The molecule has 4 aliphatic carbocycles. The van der Waals surface area contributed by atoms with E-state index < -0.39 is 0 Å². The number of nitrogens with zero attached hydrogens (tertiary/aromatic N) is 2. The number of para-hydroxylation sites is 1. The molecule has 2 aromatic carbocycles. The molecule has 9 rings (SSSR count). The summed E-state index contributed by atoms with van der Waals surface area (Å²) in [7, 11) is 1.33. The minimum absolute atomic E-state index is 0.309. The van der Waals surface area contributed by atoms with Gasteiger partial charge in [0, 0.05) is 16.1 Å². The van der Waals surface area contributed by atoms with Crippen LogP contribution in [0.2, 0.25) is 0 Å². The van der Waals surface area contributed by atoms with E-state index in [4.69, 9.17) is 4.98 Å². The Morgan fingerprint density at radius 1 is 0.806 bits per heavy atom. The molecule has 4 aliphatic rings. The van der Waals surface area contributed by atoms with Gasteiger partial charge in [-0.1, -0.05) is 48.5 Å². The van der Waals surface area contributed by atoms with Gasteiger partial charge in [0.25, 0.3) is 0 Å². The van der Waals surface area contributed by atoms with Crippen molar-refractivity contribution in [2.45, 2.75) is 43.9 Å². The molecule has 5 aromatic rings. The first kappa shape index (κ1) is 17.2. The standard InChI is InChI=1S/C28H25N2P/c1-2-5-21(6-3-1)25-23-10-9-20-7-4-8-22-24(20)30(23)27(31-25)26(29-22)28-14-17-11-18(15-28)13-19(12-17)16-28/h1-10,17-19H,11-16H2. The Kier molecular flexibility index (Phi) is 3.25. The van der Waals surface area contributed by atoms with Gasteiger partial charge in [-0.25, -0.2) is 4.98 Å². The zero-order valence-corrected chi connectivity index (χ0v) is 18.5. The lowest BCUT2D eigenvalue weighted by molar-refractivity contribution is -0.00637. The van der Waals surface area contributed by atoms with E-state index in [0.29, 0.717) is 5.41 Å². The Hall–Kier alpha value is -2.44. The Morgan fingerprint density at radius 3 is 2.29 bits per heavy atom. The third-order valence-electron chi connectivity index (χ3n) is 8.64. The number of hydrogen-bond acceptors (Lipinski definition) is 1. The molecule has 3 heterocycles. The monoisotopic (exact) mass is 420 g/mol. The molecule has 3 heteroatoms. The summed E-state index contributed by atoms with van der Waals surface area (Å²) in [4.78, 5) is 5.51. The van der Waals surface area contributed by atoms with Gasteiger partial charge in [0.05, 0.1) is 27.5 Å². The average molecular weight is 420 g/mol. The van der Waals surface area contributed by atoms with E-state index in [2.05, 4.69) is 65.1 Å². The third kappa shape index (κ3) is 2.24. The highest BCUT2D eigenvalue weighted by molar-refractivity contribution is 7.40. The molecule has 0 aliphatic heterocycles. The fraction of sp³-hybridized carbons (Fsp3) is 0.357. The number of benzene rings is 2. The van der Waals surface area contributed by atoms with Crippen LogP contribution in [0.4, 0.5) is 0 Å². The maximum atomic E-state index is 5.51. The zero-order valence-electron chi connectivity index (χ0n) is 17.6. The second kappa shape index (κ2) is 5.87. The summed E-state index contributed by atoms with van der Waals surface area (Å²) in [6.45, 7) is 0. The van der Waals surface area contributed by atoms with E-state index in [0.717, 1.165) is 17.8 Å². The number of aromatic nitrogens is 2. The van der Waals surface area contributed by atoms with E-state index >= 15 is 0 Å². The SMILES string of the molecule is c1ccc(-c2pc3c(C45CC6CC(CC(C6)C4)C5)nc4cccc5ccc2n3c54)cc1. The van der Waals surface area contributed by atoms with Crippen LogP contribution in [0.3, 0.4) is 0 Å². The highest BCUT2D eigenvalue weighted by Gasteiger charge is 2.53. The van der Waals surface area contributed by atoms with Crippen molar-refractivity contribution >= 4 is 35.4 Å². The maximum Gasteiger partial charge on any atom is 0.0964 e. The largest absolute Gasteiger partial charge is 0.301 e. The van der Waals surface area contributed by atoms with Gasteiger partial charge in [-0.3, -0.25) is 0 Å². The first-order valence-electron chi connectivity index (χ1n) is 11.9. The molecule has 4 fully saturated rings. The first-order valence-corrected chi connectivity index (χ1v) is 12.8. The minimum atomic E-state index is 0.309. The molecular formula is C28H25N2P. The van der Waals surface area contributed by atoms with Gasteiger partial charge in [0.15, 0.2) is 0 Å². The molecule has 0 N–H and O–H groups in total. The van der Waals surface area contributed by atoms with Crippen LogP contribution in [0, 0.1) is 17.8 Å². The van der Waals surface area contributed by atoms with Gasteiger partial charge in [-0.2, -0.15) is 0 Å². The molecule has 31 heavy (non-hydrogen) atoms.